The van der Waals surface area contributed by atoms with Gasteiger partial charge in [0, 0.05) is 0 Å². The molecular formula is C25H29NO5S. The van der Waals surface area contributed by atoms with Crippen molar-refractivity contribution in [2.75, 3.05) is 0 Å². The maximum absolute atomic E-state index is 11.9. The highest BCUT2D eigenvalue weighted by molar-refractivity contribution is 8.18. The molecule has 1 aliphatic rings. The van der Waals surface area contributed by atoms with Crippen LogP contribution in [0, 0.1) is 0 Å². The lowest BCUT2D eigenvalue weighted by atomic mass is 10.1. The molecule has 1 saturated heterocycles. The van der Waals surface area contributed by atoms with Crippen molar-refractivity contribution in [2.24, 2.45) is 0 Å². The van der Waals surface area contributed by atoms with Crippen LogP contribution in [-0.4, -0.2) is 17.1 Å². The molecule has 1 fully saturated rings. The van der Waals surface area contributed by atoms with Gasteiger partial charge < -0.3 is 0 Å². The Hall–Kier alpha value is -2.80. The van der Waals surface area contributed by atoms with E-state index in [2.05, 4.69) is 12.2 Å². The van der Waals surface area contributed by atoms with Gasteiger partial charge >= 0.3 is 5.97 Å². The molecule has 1 aliphatic heterocycles. The predicted molar refractivity (Wildman–Crippen MR) is 127 cm³/mol. The Bertz CT molecular complexity index is 1000. The lowest BCUT2D eigenvalue weighted by Gasteiger charge is -2.06. The van der Waals surface area contributed by atoms with Gasteiger partial charge in [-0.25, -0.2) is 4.79 Å². The Kier molecular flexibility index (Phi) is 9.16. The Morgan fingerprint density at radius 2 is 1.62 bits per heavy atom. The summed E-state index contributed by atoms with van der Waals surface area (Å²) in [6.45, 7) is 2.21. The Labute approximate surface area is 192 Å². The minimum atomic E-state index is -0.377. The van der Waals surface area contributed by atoms with Gasteiger partial charge in [0.1, 0.15) is 0 Å². The minimum absolute atomic E-state index is 0.356. The van der Waals surface area contributed by atoms with E-state index in [1.807, 2.05) is 24.3 Å². The second kappa shape index (κ2) is 12.3. The maximum Gasteiger partial charge on any atom is 0.355 e. The zero-order chi connectivity index (χ0) is 22.8. The number of hydrogen-bond acceptors (Lipinski definition) is 6. The van der Waals surface area contributed by atoms with Crippen LogP contribution >= 0.6 is 11.8 Å². The third kappa shape index (κ3) is 7.41. The molecule has 0 spiro atoms. The molecule has 1 N–H and O–H groups in total. The van der Waals surface area contributed by atoms with Gasteiger partial charge in [-0.3, -0.25) is 24.7 Å². The summed E-state index contributed by atoms with van der Waals surface area (Å²) in [5.74, 6) is -0.290. The van der Waals surface area contributed by atoms with Crippen LogP contribution in [0.25, 0.3) is 16.8 Å². The number of carbonyl (C=O) groups is 3. The zero-order valence-electron chi connectivity index (χ0n) is 18.4. The Morgan fingerprint density at radius 3 is 2.34 bits per heavy atom. The highest BCUT2D eigenvalue weighted by atomic mass is 32.2. The van der Waals surface area contributed by atoms with E-state index in [1.165, 1.54) is 32.1 Å². The quantitative estimate of drug-likeness (QED) is 0.170. The van der Waals surface area contributed by atoms with Gasteiger partial charge in [0.25, 0.3) is 11.1 Å². The van der Waals surface area contributed by atoms with E-state index in [0.717, 1.165) is 47.4 Å². The number of benzene rings is 2. The SMILES string of the molecule is CCCCCCCCCCC(=O)OOc1ccc2cc(C=C3SC(=O)NC3=O)ccc2c1. The second-order valence-electron chi connectivity index (χ2n) is 7.88. The molecule has 0 unspecified atom stereocenters. The third-order valence-corrected chi connectivity index (χ3v) is 6.05. The summed E-state index contributed by atoms with van der Waals surface area (Å²) in [7, 11) is 0. The fraction of sp³-hybridized carbons (Fsp3) is 0.400. The molecule has 0 bridgehead atoms. The Morgan fingerprint density at radius 1 is 0.938 bits per heavy atom. The van der Waals surface area contributed by atoms with Crippen molar-refractivity contribution in [3.63, 3.8) is 0 Å². The van der Waals surface area contributed by atoms with E-state index in [4.69, 9.17) is 9.78 Å². The van der Waals surface area contributed by atoms with E-state index < -0.39 is 0 Å². The summed E-state index contributed by atoms with van der Waals surface area (Å²) < 4.78 is 0. The number of thioether (sulfide) groups is 1. The largest absolute Gasteiger partial charge is 0.355 e. The Balaban J connectivity index is 1.44. The number of imide groups is 1. The predicted octanol–water partition coefficient (Wildman–Crippen LogP) is 6.53. The first-order valence-corrected chi connectivity index (χ1v) is 12.0. The molecule has 0 aromatic heterocycles. The van der Waals surface area contributed by atoms with Crippen LogP contribution in [0.2, 0.25) is 0 Å². The smallest absolute Gasteiger partial charge is 0.287 e. The van der Waals surface area contributed by atoms with Crippen LogP contribution in [0.4, 0.5) is 4.79 Å². The van der Waals surface area contributed by atoms with Gasteiger partial charge in [-0.2, -0.15) is 0 Å². The highest BCUT2D eigenvalue weighted by Crippen LogP contribution is 2.28. The summed E-state index contributed by atoms with van der Waals surface area (Å²) >= 11 is 0.890. The molecule has 0 aliphatic carbocycles. The van der Waals surface area contributed by atoms with Crippen LogP contribution in [-0.2, 0) is 14.5 Å². The first-order chi connectivity index (χ1) is 15.5. The molecule has 0 atom stereocenters. The molecule has 6 nitrogen and oxygen atoms in total. The lowest BCUT2D eigenvalue weighted by molar-refractivity contribution is -0.213. The standard InChI is InChI=1S/C25H29NO5S/c1-2-3-4-5-6-7-8-9-10-23(27)31-30-21-14-13-19-15-18(11-12-20(19)17-21)16-22-24(28)26-25(29)32-22/h11-17H,2-10H2,1H3,(H,26,28,29). The second-order valence-corrected chi connectivity index (χ2v) is 8.90. The van der Waals surface area contributed by atoms with Gasteiger partial charge in [-0.15, -0.1) is 0 Å². The van der Waals surface area contributed by atoms with Gasteiger partial charge in [0.05, 0.1) is 11.3 Å². The highest BCUT2D eigenvalue weighted by Gasteiger charge is 2.24. The topological polar surface area (TPSA) is 81.7 Å². The van der Waals surface area contributed by atoms with E-state index in [1.54, 1.807) is 18.2 Å². The van der Waals surface area contributed by atoms with E-state index in [-0.39, 0.29) is 17.1 Å². The van der Waals surface area contributed by atoms with Crippen molar-refractivity contribution in [1.29, 1.82) is 0 Å². The maximum atomic E-state index is 11.9. The van der Waals surface area contributed by atoms with Crippen molar-refractivity contribution in [3.05, 3.63) is 46.9 Å². The van der Waals surface area contributed by atoms with Gasteiger partial charge in [0.15, 0.2) is 5.75 Å². The number of rotatable bonds is 12. The summed E-state index contributed by atoms with van der Waals surface area (Å²) in [5.41, 5.74) is 0.815. The molecule has 2 aromatic rings. The zero-order valence-corrected chi connectivity index (χ0v) is 19.2. The molecule has 0 saturated carbocycles. The number of fused-ring (bicyclic) bond motifs is 1. The molecule has 2 amide bonds. The fourth-order valence-corrected chi connectivity index (χ4v) is 4.18. The fourth-order valence-electron chi connectivity index (χ4n) is 3.50. The van der Waals surface area contributed by atoms with Crippen LogP contribution in [0.3, 0.4) is 0 Å². The summed E-state index contributed by atoms with van der Waals surface area (Å²) in [5, 5.41) is 3.72. The third-order valence-electron chi connectivity index (χ3n) is 5.24. The molecule has 170 valence electrons. The van der Waals surface area contributed by atoms with Crippen molar-refractivity contribution in [1.82, 2.24) is 5.32 Å². The molecule has 3 rings (SSSR count). The average molecular weight is 456 g/mol. The van der Waals surface area contributed by atoms with Crippen molar-refractivity contribution < 1.29 is 24.2 Å². The average Bonchev–Trinajstić information content (AvgIpc) is 3.10. The molecule has 7 heteroatoms. The minimum Gasteiger partial charge on any atom is -0.287 e. The van der Waals surface area contributed by atoms with Gasteiger partial charge in [-0.05, 0) is 58.8 Å². The van der Waals surface area contributed by atoms with E-state index >= 15 is 0 Å². The molecule has 0 radical (unpaired) electrons. The first-order valence-electron chi connectivity index (χ1n) is 11.2. The molecule has 2 aromatic carbocycles. The molecule has 32 heavy (non-hydrogen) atoms. The number of carbonyl (C=O) groups excluding carboxylic acids is 3. The van der Waals surface area contributed by atoms with Crippen molar-refractivity contribution >= 4 is 45.7 Å². The number of nitrogens with one attached hydrogen (secondary N) is 1. The normalized spacial score (nSPS) is 14.7. The van der Waals surface area contributed by atoms with E-state index in [9.17, 15) is 14.4 Å². The monoisotopic (exact) mass is 455 g/mol. The number of unbranched alkanes of at least 4 members (excludes halogenated alkanes) is 7. The molecule has 1 heterocycles. The molecular weight excluding hydrogens is 426 g/mol. The van der Waals surface area contributed by atoms with Crippen LogP contribution < -0.4 is 10.2 Å². The van der Waals surface area contributed by atoms with E-state index in [0.29, 0.717) is 17.1 Å². The first kappa shape index (κ1) is 23.9. The van der Waals surface area contributed by atoms with Crippen LogP contribution in [0.15, 0.2) is 41.3 Å². The van der Waals surface area contributed by atoms with Crippen molar-refractivity contribution in [2.45, 2.75) is 64.7 Å². The number of hydrogen-bond donors (Lipinski definition) is 1. The van der Waals surface area contributed by atoms with Crippen LogP contribution in [0.1, 0.15) is 70.3 Å². The summed E-state index contributed by atoms with van der Waals surface area (Å²) in [4.78, 5) is 45.4. The lowest BCUT2D eigenvalue weighted by Crippen LogP contribution is -2.17. The van der Waals surface area contributed by atoms with Gasteiger partial charge in [-0.1, -0.05) is 70.1 Å². The van der Waals surface area contributed by atoms with Crippen LogP contribution in [0.5, 0.6) is 5.75 Å². The van der Waals surface area contributed by atoms with Gasteiger partial charge in [0.2, 0.25) is 0 Å². The van der Waals surface area contributed by atoms with Crippen molar-refractivity contribution in [3.8, 4) is 5.75 Å². The summed E-state index contributed by atoms with van der Waals surface area (Å²) in [6, 6.07) is 11.0. The summed E-state index contributed by atoms with van der Waals surface area (Å²) in [6.07, 6.45) is 11.4. The number of amides is 2.